The fourth-order valence-corrected chi connectivity index (χ4v) is 2.22. The van der Waals surface area contributed by atoms with Gasteiger partial charge in [-0.1, -0.05) is 30.3 Å². The van der Waals surface area contributed by atoms with Crippen molar-refractivity contribution in [1.82, 2.24) is 15.3 Å². The van der Waals surface area contributed by atoms with Gasteiger partial charge >= 0.3 is 12.2 Å². The van der Waals surface area contributed by atoms with Gasteiger partial charge in [-0.25, -0.2) is 19.6 Å². The van der Waals surface area contributed by atoms with Crippen LogP contribution in [-0.4, -0.2) is 54.0 Å². The van der Waals surface area contributed by atoms with Crippen LogP contribution >= 0.6 is 0 Å². The first-order valence-corrected chi connectivity index (χ1v) is 8.06. The number of amides is 2. The second-order valence-electron chi connectivity index (χ2n) is 6.52. The van der Waals surface area contributed by atoms with Gasteiger partial charge in [0.2, 0.25) is 0 Å². The highest BCUT2D eigenvalue weighted by molar-refractivity contribution is 5.74. The summed E-state index contributed by atoms with van der Waals surface area (Å²) in [6.45, 7) is 7.38. The van der Waals surface area contributed by atoms with Gasteiger partial charge in [0.15, 0.2) is 0 Å². The molecule has 7 heteroatoms. The van der Waals surface area contributed by atoms with Crippen LogP contribution in [0, 0.1) is 0 Å². The zero-order valence-electron chi connectivity index (χ0n) is 14.4. The summed E-state index contributed by atoms with van der Waals surface area (Å²) in [5.74, 6) is 0. The largest absolute Gasteiger partial charge is 0.443 e. The van der Waals surface area contributed by atoms with Crippen LogP contribution in [0.1, 0.15) is 26.3 Å². The lowest BCUT2D eigenvalue weighted by atomic mass is 10.2. The van der Waals surface area contributed by atoms with Crippen molar-refractivity contribution in [2.75, 3.05) is 26.2 Å². The lowest BCUT2D eigenvalue weighted by Crippen LogP contribution is -2.52. The van der Waals surface area contributed by atoms with E-state index in [9.17, 15) is 9.59 Å². The highest BCUT2D eigenvalue weighted by Crippen LogP contribution is 2.14. The number of nitrogens with zero attached hydrogens (tertiary/aromatic N) is 2. The highest BCUT2D eigenvalue weighted by atomic mass is 16.6. The van der Waals surface area contributed by atoms with Gasteiger partial charge in [0.25, 0.3) is 0 Å². The molecule has 1 saturated heterocycles. The summed E-state index contributed by atoms with van der Waals surface area (Å²) in [4.78, 5) is 24.8. The Morgan fingerprint density at radius 3 is 2.21 bits per heavy atom. The van der Waals surface area contributed by atoms with Gasteiger partial charge in [0.05, 0.1) is 13.1 Å². The number of rotatable bonds is 2. The summed E-state index contributed by atoms with van der Waals surface area (Å²) in [5.41, 5.74) is 0.263. The van der Waals surface area contributed by atoms with Crippen molar-refractivity contribution >= 4 is 12.2 Å². The zero-order chi connectivity index (χ0) is 17.6. The van der Waals surface area contributed by atoms with E-state index in [1.165, 1.54) is 10.0 Å². The quantitative estimate of drug-likeness (QED) is 0.898. The number of hydrogen-bond donors (Lipinski definition) is 1. The summed E-state index contributed by atoms with van der Waals surface area (Å²) in [6, 6.07) is 9.42. The highest BCUT2D eigenvalue weighted by Gasteiger charge is 2.32. The summed E-state index contributed by atoms with van der Waals surface area (Å²) < 4.78 is 10.7. The smallest absolute Gasteiger partial charge is 0.429 e. The number of hydrogen-bond acceptors (Lipinski definition) is 5. The normalized spacial score (nSPS) is 15.6. The fourth-order valence-electron chi connectivity index (χ4n) is 2.22. The number of benzene rings is 1. The maximum Gasteiger partial charge on any atom is 0.429 e. The molecular formula is C17H25N3O4. The SMILES string of the molecule is CC(C)(C)OC(=O)N1CCNCCN1C(=O)OCc1ccccc1. The Hall–Kier alpha value is -2.28. The van der Waals surface area contributed by atoms with Gasteiger partial charge < -0.3 is 14.8 Å². The molecule has 0 aromatic heterocycles. The van der Waals surface area contributed by atoms with Gasteiger partial charge in [-0.2, -0.15) is 0 Å². The minimum atomic E-state index is -0.629. The summed E-state index contributed by atoms with van der Waals surface area (Å²) >= 11 is 0. The summed E-state index contributed by atoms with van der Waals surface area (Å²) in [7, 11) is 0. The first-order valence-electron chi connectivity index (χ1n) is 8.06. The molecule has 0 spiro atoms. The average Bonchev–Trinajstić information content (AvgIpc) is 2.78. The molecule has 1 N–H and O–H groups in total. The molecule has 0 radical (unpaired) electrons. The topological polar surface area (TPSA) is 71.1 Å². The zero-order valence-corrected chi connectivity index (χ0v) is 14.4. The number of nitrogens with one attached hydrogen (secondary N) is 1. The molecule has 0 atom stereocenters. The van der Waals surface area contributed by atoms with Crippen LogP contribution in [0.3, 0.4) is 0 Å². The molecule has 0 bridgehead atoms. The van der Waals surface area contributed by atoms with Crippen molar-refractivity contribution in [3.05, 3.63) is 35.9 Å². The van der Waals surface area contributed by atoms with Crippen molar-refractivity contribution < 1.29 is 19.1 Å². The van der Waals surface area contributed by atoms with Gasteiger partial charge in [-0.05, 0) is 26.3 Å². The molecule has 0 saturated carbocycles. The maximum absolute atomic E-state index is 12.4. The van der Waals surface area contributed by atoms with Crippen molar-refractivity contribution in [1.29, 1.82) is 0 Å². The van der Waals surface area contributed by atoms with E-state index in [2.05, 4.69) is 5.32 Å². The second-order valence-corrected chi connectivity index (χ2v) is 6.52. The standard InChI is InChI=1S/C17H25N3O4/c1-17(2,3)24-16(22)20-12-10-18-9-11-19(20)15(21)23-13-14-7-5-4-6-8-14/h4-8,18H,9-13H2,1-3H3. The summed E-state index contributed by atoms with van der Waals surface area (Å²) in [6.07, 6.45) is -1.11. The lowest BCUT2D eigenvalue weighted by Gasteiger charge is -2.33. The molecule has 7 nitrogen and oxygen atoms in total. The third-order valence-corrected chi connectivity index (χ3v) is 3.31. The Balaban J connectivity index is 2.02. The molecule has 2 amide bonds. The molecule has 0 unspecified atom stereocenters. The van der Waals surface area contributed by atoms with E-state index >= 15 is 0 Å². The molecule has 1 aliphatic rings. The van der Waals surface area contributed by atoms with E-state index in [0.717, 1.165) is 5.56 Å². The molecule has 1 fully saturated rings. The lowest BCUT2D eigenvalue weighted by molar-refractivity contribution is -0.0421. The van der Waals surface area contributed by atoms with Crippen molar-refractivity contribution in [3.8, 4) is 0 Å². The molecule has 0 aliphatic carbocycles. The van der Waals surface area contributed by atoms with E-state index in [1.54, 1.807) is 20.8 Å². The molecule has 1 heterocycles. The molecule has 1 aliphatic heterocycles. The van der Waals surface area contributed by atoms with E-state index in [1.807, 2.05) is 30.3 Å². The first-order chi connectivity index (χ1) is 11.4. The molecule has 24 heavy (non-hydrogen) atoms. The van der Waals surface area contributed by atoms with Gasteiger partial charge in [-0.3, -0.25) is 0 Å². The van der Waals surface area contributed by atoms with Crippen LogP contribution < -0.4 is 5.32 Å². The van der Waals surface area contributed by atoms with Crippen LogP contribution in [0.15, 0.2) is 30.3 Å². The Morgan fingerprint density at radius 1 is 1.04 bits per heavy atom. The van der Waals surface area contributed by atoms with Crippen LogP contribution in [0.25, 0.3) is 0 Å². The molecule has 2 rings (SSSR count). The Kier molecular flexibility index (Phi) is 6.03. The third-order valence-electron chi connectivity index (χ3n) is 3.31. The third kappa shape index (κ3) is 5.42. The van der Waals surface area contributed by atoms with Crippen LogP contribution in [0.5, 0.6) is 0 Å². The minimum absolute atomic E-state index is 0.158. The van der Waals surface area contributed by atoms with Crippen LogP contribution in [0.2, 0.25) is 0 Å². The first kappa shape index (κ1) is 18.1. The molecular weight excluding hydrogens is 310 g/mol. The minimum Gasteiger partial charge on any atom is -0.443 e. The van der Waals surface area contributed by atoms with Gasteiger partial charge in [0, 0.05) is 13.1 Å². The molecule has 1 aromatic rings. The monoisotopic (exact) mass is 335 g/mol. The van der Waals surface area contributed by atoms with E-state index < -0.39 is 17.8 Å². The van der Waals surface area contributed by atoms with E-state index in [-0.39, 0.29) is 6.61 Å². The predicted molar refractivity (Wildman–Crippen MR) is 89.1 cm³/mol. The number of carbonyl (C=O) groups is 2. The average molecular weight is 335 g/mol. The van der Waals surface area contributed by atoms with Crippen molar-refractivity contribution in [2.24, 2.45) is 0 Å². The van der Waals surface area contributed by atoms with E-state index in [0.29, 0.717) is 26.2 Å². The Morgan fingerprint density at radius 2 is 1.62 bits per heavy atom. The van der Waals surface area contributed by atoms with Crippen molar-refractivity contribution in [3.63, 3.8) is 0 Å². The molecule has 132 valence electrons. The van der Waals surface area contributed by atoms with Crippen LogP contribution in [0.4, 0.5) is 9.59 Å². The fraction of sp³-hybridized carbons (Fsp3) is 0.529. The second kappa shape index (κ2) is 8.01. The summed E-state index contributed by atoms with van der Waals surface area (Å²) in [5, 5.41) is 5.76. The Bertz CT molecular complexity index is 557. The van der Waals surface area contributed by atoms with Gasteiger partial charge in [-0.15, -0.1) is 0 Å². The number of hydrazine groups is 1. The molecule has 1 aromatic carbocycles. The van der Waals surface area contributed by atoms with Crippen LogP contribution in [-0.2, 0) is 16.1 Å². The van der Waals surface area contributed by atoms with E-state index in [4.69, 9.17) is 9.47 Å². The maximum atomic E-state index is 12.4. The van der Waals surface area contributed by atoms with Crippen molar-refractivity contribution in [2.45, 2.75) is 33.0 Å². The Labute approximate surface area is 142 Å². The van der Waals surface area contributed by atoms with Gasteiger partial charge in [0.1, 0.15) is 12.2 Å². The number of ether oxygens (including phenoxy) is 2. The number of carbonyl (C=O) groups excluding carboxylic acids is 2. The predicted octanol–water partition coefficient (Wildman–Crippen LogP) is 2.38.